The Morgan fingerprint density at radius 1 is 1.48 bits per heavy atom. The van der Waals surface area contributed by atoms with Crippen molar-refractivity contribution in [2.45, 2.75) is 37.1 Å². The van der Waals surface area contributed by atoms with Gasteiger partial charge in [-0.05, 0) is 38.3 Å². The number of hydrogen-bond donors (Lipinski definition) is 0. The standard InChI is InChI=1S/C15H16N4O2S2/c1-10-18-11-5-3-6-13(15(11)22-10)19(2)23(20,21)14-7-4-8-17-12(14)9-16/h4,7-8,13H,3,5-6H2,1-2H3/t13-/m1/s1. The van der Waals surface area contributed by atoms with Gasteiger partial charge in [-0.25, -0.2) is 18.4 Å². The molecule has 2 heterocycles. The van der Waals surface area contributed by atoms with E-state index in [0.717, 1.165) is 34.8 Å². The summed E-state index contributed by atoms with van der Waals surface area (Å²) in [5, 5.41) is 10.1. The van der Waals surface area contributed by atoms with Crippen LogP contribution in [0.3, 0.4) is 0 Å². The average molecular weight is 348 g/mol. The fourth-order valence-electron chi connectivity index (χ4n) is 2.87. The minimum atomic E-state index is -3.79. The molecule has 120 valence electrons. The van der Waals surface area contributed by atoms with Crippen molar-refractivity contribution in [1.29, 1.82) is 5.26 Å². The number of nitriles is 1. The van der Waals surface area contributed by atoms with Gasteiger partial charge >= 0.3 is 0 Å². The van der Waals surface area contributed by atoms with Crippen molar-refractivity contribution in [3.63, 3.8) is 0 Å². The van der Waals surface area contributed by atoms with Crippen molar-refractivity contribution < 1.29 is 8.42 Å². The van der Waals surface area contributed by atoms with Gasteiger partial charge in [-0.15, -0.1) is 11.3 Å². The van der Waals surface area contributed by atoms with Crippen LogP contribution >= 0.6 is 11.3 Å². The van der Waals surface area contributed by atoms with E-state index in [1.165, 1.54) is 22.6 Å². The fourth-order valence-corrected chi connectivity index (χ4v) is 5.54. The Morgan fingerprint density at radius 3 is 3.00 bits per heavy atom. The van der Waals surface area contributed by atoms with Crippen LogP contribution in [0.4, 0.5) is 0 Å². The second-order valence-corrected chi connectivity index (χ2v) is 8.64. The predicted octanol–water partition coefficient (Wildman–Crippen LogP) is 2.42. The highest BCUT2D eigenvalue weighted by atomic mass is 32.2. The van der Waals surface area contributed by atoms with E-state index in [1.807, 2.05) is 13.0 Å². The Morgan fingerprint density at radius 2 is 2.26 bits per heavy atom. The second-order valence-electron chi connectivity index (χ2n) is 5.44. The molecule has 6 nitrogen and oxygen atoms in total. The van der Waals surface area contributed by atoms with Crippen molar-refractivity contribution in [3.8, 4) is 6.07 Å². The normalized spacial score (nSPS) is 17.7. The average Bonchev–Trinajstić information content (AvgIpc) is 2.94. The summed E-state index contributed by atoms with van der Waals surface area (Å²) in [6.07, 6.45) is 3.97. The number of hydrogen-bond acceptors (Lipinski definition) is 6. The quantitative estimate of drug-likeness (QED) is 0.850. The van der Waals surface area contributed by atoms with Crippen LogP contribution in [-0.4, -0.2) is 29.7 Å². The Kier molecular flexibility index (Phi) is 4.19. The van der Waals surface area contributed by atoms with Crippen LogP contribution < -0.4 is 0 Å². The monoisotopic (exact) mass is 348 g/mol. The SMILES string of the molecule is Cc1nc2c(s1)[C@H](N(C)S(=O)(=O)c1cccnc1C#N)CCC2. The molecule has 0 unspecified atom stereocenters. The lowest BCUT2D eigenvalue weighted by Crippen LogP contribution is -2.33. The van der Waals surface area contributed by atoms with Gasteiger partial charge in [-0.2, -0.15) is 9.57 Å². The van der Waals surface area contributed by atoms with Crippen molar-refractivity contribution >= 4 is 21.4 Å². The number of aryl methyl sites for hydroxylation is 2. The highest BCUT2D eigenvalue weighted by molar-refractivity contribution is 7.89. The van der Waals surface area contributed by atoms with Gasteiger partial charge in [0.1, 0.15) is 11.0 Å². The zero-order chi connectivity index (χ0) is 16.6. The van der Waals surface area contributed by atoms with Crippen LogP contribution in [-0.2, 0) is 16.4 Å². The fraction of sp³-hybridized carbons (Fsp3) is 0.400. The molecule has 0 saturated heterocycles. The summed E-state index contributed by atoms with van der Waals surface area (Å²) in [4.78, 5) is 9.34. The molecule has 1 aliphatic carbocycles. The Balaban J connectivity index is 2.03. The topological polar surface area (TPSA) is 87.0 Å². The molecule has 23 heavy (non-hydrogen) atoms. The number of sulfonamides is 1. The van der Waals surface area contributed by atoms with Crippen molar-refractivity contribution in [2.24, 2.45) is 0 Å². The van der Waals surface area contributed by atoms with Crippen LogP contribution in [0, 0.1) is 18.3 Å². The number of pyridine rings is 1. The smallest absolute Gasteiger partial charge is 0.246 e. The Labute approximate surface area is 139 Å². The maximum atomic E-state index is 12.9. The molecule has 8 heteroatoms. The number of nitrogens with zero attached hydrogens (tertiary/aromatic N) is 4. The van der Waals surface area contributed by atoms with E-state index >= 15 is 0 Å². The van der Waals surface area contributed by atoms with E-state index in [4.69, 9.17) is 5.26 Å². The lowest BCUT2D eigenvalue weighted by molar-refractivity contribution is 0.341. The molecule has 1 aliphatic rings. The van der Waals surface area contributed by atoms with Crippen LogP contribution in [0.15, 0.2) is 23.2 Å². The first kappa shape index (κ1) is 16.1. The molecule has 0 aromatic carbocycles. The van der Waals surface area contributed by atoms with Crippen LogP contribution in [0.2, 0.25) is 0 Å². The van der Waals surface area contributed by atoms with Gasteiger partial charge in [0.05, 0.1) is 16.7 Å². The van der Waals surface area contributed by atoms with E-state index in [1.54, 1.807) is 18.4 Å². The molecular weight excluding hydrogens is 332 g/mol. The zero-order valence-corrected chi connectivity index (χ0v) is 14.5. The van der Waals surface area contributed by atoms with Gasteiger partial charge in [0.25, 0.3) is 0 Å². The van der Waals surface area contributed by atoms with E-state index in [-0.39, 0.29) is 16.6 Å². The molecule has 2 aromatic heterocycles. The first-order chi connectivity index (χ1) is 10.9. The molecule has 0 spiro atoms. The predicted molar refractivity (Wildman–Crippen MR) is 86.4 cm³/mol. The molecule has 0 bridgehead atoms. The zero-order valence-electron chi connectivity index (χ0n) is 12.9. The van der Waals surface area contributed by atoms with Crippen LogP contribution in [0.5, 0.6) is 0 Å². The third kappa shape index (κ3) is 2.76. The van der Waals surface area contributed by atoms with Gasteiger partial charge in [0.15, 0.2) is 5.69 Å². The lowest BCUT2D eigenvalue weighted by Gasteiger charge is -2.30. The summed E-state index contributed by atoms with van der Waals surface area (Å²) in [5.74, 6) is 0. The Bertz CT molecular complexity index is 883. The van der Waals surface area contributed by atoms with Gasteiger partial charge in [0.2, 0.25) is 10.0 Å². The molecule has 0 radical (unpaired) electrons. The van der Waals surface area contributed by atoms with Crippen LogP contribution in [0.1, 0.15) is 40.2 Å². The van der Waals surface area contributed by atoms with Gasteiger partial charge in [-0.1, -0.05) is 0 Å². The van der Waals surface area contributed by atoms with Crippen LogP contribution in [0.25, 0.3) is 0 Å². The molecule has 0 amide bonds. The maximum absolute atomic E-state index is 12.9. The first-order valence-corrected chi connectivity index (χ1v) is 9.50. The van der Waals surface area contributed by atoms with Crippen molar-refractivity contribution in [2.75, 3.05) is 7.05 Å². The summed E-state index contributed by atoms with van der Waals surface area (Å²) in [6, 6.07) is 4.58. The molecule has 0 aliphatic heterocycles. The van der Waals surface area contributed by atoms with Crippen molar-refractivity contribution in [1.82, 2.24) is 14.3 Å². The van der Waals surface area contributed by atoms with Gasteiger partial charge in [-0.3, -0.25) is 0 Å². The molecule has 0 saturated carbocycles. The lowest BCUT2D eigenvalue weighted by atomic mass is 9.98. The van der Waals surface area contributed by atoms with E-state index in [2.05, 4.69) is 9.97 Å². The van der Waals surface area contributed by atoms with Gasteiger partial charge in [0, 0.05) is 18.1 Å². The molecular formula is C15H16N4O2S2. The third-order valence-electron chi connectivity index (χ3n) is 4.00. The molecule has 0 fully saturated rings. The number of fused-ring (bicyclic) bond motifs is 1. The summed E-state index contributed by atoms with van der Waals surface area (Å²) in [7, 11) is -2.22. The second kappa shape index (κ2) is 6.00. The summed E-state index contributed by atoms with van der Waals surface area (Å²) < 4.78 is 27.3. The molecule has 2 aromatic rings. The highest BCUT2D eigenvalue weighted by Crippen LogP contribution is 2.39. The summed E-state index contributed by atoms with van der Waals surface area (Å²) in [6.45, 7) is 1.93. The van der Waals surface area contributed by atoms with Gasteiger partial charge < -0.3 is 0 Å². The molecule has 3 rings (SSSR count). The Hall–Kier alpha value is -1.82. The third-order valence-corrected chi connectivity index (χ3v) is 7.01. The summed E-state index contributed by atoms with van der Waals surface area (Å²) in [5.41, 5.74) is 0.924. The minimum Gasteiger partial charge on any atom is -0.246 e. The molecule has 0 N–H and O–H groups in total. The number of aromatic nitrogens is 2. The highest BCUT2D eigenvalue weighted by Gasteiger charge is 2.35. The number of thiazole rings is 1. The summed E-state index contributed by atoms with van der Waals surface area (Å²) >= 11 is 1.55. The van der Waals surface area contributed by atoms with E-state index in [9.17, 15) is 8.42 Å². The van der Waals surface area contributed by atoms with Crippen molar-refractivity contribution in [3.05, 3.63) is 39.6 Å². The maximum Gasteiger partial charge on any atom is 0.246 e. The van der Waals surface area contributed by atoms with E-state index < -0.39 is 10.0 Å². The van der Waals surface area contributed by atoms with E-state index in [0.29, 0.717) is 0 Å². The largest absolute Gasteiger partial charge is 0.246 e. The number of rotatable bonds is 3. The first-order valence-electron chi connectivity index (χ1n) is 7.24. The molecule has 1 atom stereocenters. The minimum absolute atomic E-state index is 0.0432.